The molecule has 3 aromatic rings. The summed E-state index contributed by atoms with van der Waals surface area (Å²) in [4.78, 5) is 26.4. The highest BCUT2D eigenvalue weighted by molar-refractivity contribution is 6.31. The van der Waals surface area contributed by atoms with Crippen molar-refractivity contribution in [1.29, 1.82) is 0 Å². The lowest BCUT2D eigenvalue weighted by molar-refractivity contribution is -0.385. The fraction of sp³-hybridized carbons (Fsp3) is 0.296. The van der Waals surface area contributed by atoms with Crippen LogP contribution in [0.4, 0.5) is 5.69 Å². The van der Waals surface area contributed by atoms with E-state index in [0.717, 1.165) is 17.5 Å². The van der Waals surface area contributed by atoms with Gasteiger partial charge in [0, 0.05) is 17.6 Å². The van der Waals surface area contributed by atoms with E-state index in [-0.39, 0.29) is 22.9 Å². The molecule has 1 unspecified atom stereocenters. The van der Waals surface area contributed by atoms with Crippen molar-refractivity contribution >= 4 is 23.2 Å². The Labute approximate surface area is 214 Å². The fourth-order valence-corrected chi connectivity index (χ4v) is 4.61. The van der Waals surface area contributed by atoms with Crippen molar-refractivity contribution in [2.24, 2.45) is 0 Å². The van der Waals surface area contributed by atoms with Gasteiger partial charge in [-0.25, -0.2) is 0 Å². The van der Waals surface area contributed by atoms with Gasteiger partial charge in [0.05, 0.1) is 25.2 Å². The number of hydrogen-bond donors (Lipinski definition) is 0. The zero-order chi connectivity index (χ0) is 25.8. The largest absolute Gasteiger partial charge is 0.493 e. The van der Waals surface area contributed by atoms with E-state index in [1.54, 1.807) is 19.1 Å². The maximum Gasteiger partial charge on any atom is 0.282 e. The molecule has 0 fully saturated rings. The fourth-order valence-electron chi connectivity index (χ4n) is 4.44. The molecule has 1 atom stereocenters. The van der Waals surface area contributed by atoms with Gasteiger partial charge in [-0.15, -0.1) is 0 Å². The summed E-state index contributed by atoms with van der Waals surface area (Å²) in [6.07, 6.45) is 1.45. The number of ether oxygens (including phenoxy) is 3. The first kappa shape index (κ1) is 25.3. The van der Waals surface area contributed by atoms with E-state index in [9.17, 15) is 14.9 Å². The predicted molar refractivity (Wildman–Crippen MR) is 136 cm³/mol. The molecular weight excluding hydrogens is 484 g/mol. The van der Waals surface area contributed by atoms with Crippen molar-refractivity contribution in [3.63, 3.8) is 0 Å². The van der Waals surface area contributed by atoms with Crippen LogP contribution in [0.5, 0.6) is 17.2 Å². The van der Waals surface area contributed by atoms with Crippen molar-refractivity contribution in [3.8, 4) is 17.2 Å². The summed E-state index contributed by atoms with van der Waals surface area (Å²) >= 11 is 6.11. The molecule has 0 aliphatic carbocycles. The van der Waals surface area contributed by atoms with Crippen LogP contribution in [0.15, 0.2) is 54.6 Å². The first-order valence-corrected chi connectivity index (χ1v) is 12.0. The first-order chi connectivity index (χ1) is 17.4. The summed E-state index contributed by atoms with van der Waals surface area (Å²) < 4.78 is 17.1. The van der Waals surface area contributed by atoms with Crippen LogP contribution in [0.2, 0.25) is 5.02 Å². The zero-order valence-corrected chi connectivity index (χ0v) is 21.1. The van der Waals surface area contributed by atoms with Crippen molar-refractivity contribution in [3.05, 3.63) is 92.0 Å². The predicted octanol–water partition coefficient (Wildman–Crippen LogP) is 5.65. The molecule has 0 N–H and O–H groups in total. The molecule has 8 nitrogen and oxygen atoms in total. The third-order valence-corrected chi connectivity index (χ3v) is 6.62. The Hall–Kier alpha value is -3.78. The first-order valence-electron chi connectivity index (χ1n) is 11.6. The third-order valence-electron chi connectivity index (χ3n) is 6.39. The van der Waals surface area contributed by atoms with Crippen molar-refractivity contribution in [2.45, 2.75) is 25.8 Å². The average Bonchev–Trinajstić information content (AvgIpc) is 2.90. The molecule has 0 spiro atoms. The molecule has 0 bridgehead atoms. The van der Waals surface area contributed by atoms with Gasteiger partial charge in [-0.2, -0.15) is 0 Å². The second-order valence-corrected chi connectivity index (χ2v) is 8.83. The Kier molecular flexibility index (Phi) is 7.64. The summed E-state index contributed by atoms with van der Waals surface area (Å²) in [5.41, 5.74) is 2.66. The van der Waals surface area contributed by atoms with Gasteiger partial charge in [0.15, 0.2) is 11.5 Å². The van der Waals surface area contributed by atoms with Crippen molar-refractivity contribution in [1.82, 2.24) is 4.90 Å². The number of nitrogens with zero attached hydrogens (tertiary/aromatic N) is 2. The van der Waals surface area contributed by atoms with Gasteiger partial charge >= 0.3 is 0 Å². The number of hydrogen-bond acceptors (Lipinski definition) is 6. The van der Waals surface area contributed by atoms with E-state index < -0.39 is 16.9 Å². The summed E-state index contributed by atoms with van der Waals surface area (Å²) in [7, 11) is 3.12. The van der Waals surface area contributed by atoms with E-state index in [1.165, 1.54) is 23.8 Å². The van der Waals surface area contributed by atoms with Gasteiger partial charge in [0.1, 0.15) is 17.9 Å². The highest BCUT2D eigenvalue weighted by Gasteiger charge is 2.36. The van der Waals surface area contributed by atoms with E-state index in [0.29, 0.717) is 30.2 Å². The zero-order valence-electron chi connectivity index (χ0n) is 20.3. The minimum absolute atomic E-state index is 0.0614. The summed E-state index contributed by atoms with van der Waals surface area (Å²) in [6, 6.07) is 15.0. The van der Waals surface area contributed by atoms with Gasteiger partial charge in [-0.3, -0.25) is 14.9 Å². The number of benzene rings is 3. The monoisotopic (exact) mass is 510 g/mol. The van der Waals surface area contributed by atoms with Crippen molar-refractivity contribution in [2.75, 3.05) is 27.4 Å². The second-order valence-electron chi connectivity index (χ2n) is 8.40. The minimum atomic E-state index is -0.573. The number of methoxy groups -OCH3 is 2. The maximum absolute atomic E-state index is 13.7. The molecule has 0 saturated carbocycles. The van der Waals surface area contributed by atoms with Gasteiger partial charge in [0.25, 0.3) is 11.6 Å². The number of aryl methyl sites for hydroxylation is 1. The molecule has 0 saturated heterocycles. The maximum atomic E-state index is 13.7. The lowest BCUT2D eigenvalue weighted by atomic mass is 9.91. The minimum Gasteiger partial charge on any atom is -0.493 e. The number of rotatable bonds is 8. The molecule has 36 heavy (non-hydrogen) atoms. The number of amides is 1. The summed E-state index contributed by atoms with van der Waals surface area (Å²) in [5.74, 6) is 1.30. The van der Waals surface area contributed by atoms with Gasteiger partial charge in [-0.05, 0) is 65.9 Å². The standard InChI is InChI=1S/C27H27ClN2O6/c1-4-17-5-8-20(9-6-17)36-16-24-21-15-26(35-3)25(34-2)13-18(21)11-12-29(24)27(31)22-14-19(28)7-10-23(22)30(32)33/h5-10,13-15,24H,4,11-12,16H2,1-3H3. The number of nitro benzene ring substituents is 1. The molecule has 188 valence electrons. The smallest absolute Gasteiger partial charge is 0.282 e. The second kappa shape index (κ2) is 10.9. The van der Waals surface area contributed by atoms with Crippen LogP contribution in [0.3, 0.4) is 0 Å². The Morgan fingerprint density at radius 1 is 1.08 bits per heavy atom. The molecule has 4 rings (SSSR count). The molecule has 1 aliphatic heterocycles. The highest BCUT2D eigenvalue weighted by Crippen LogP contribution is 2.39. The highest BCUT2D eigenvalue weighted by atomic mass is 35.5. The number of halogens is 1. The number of fused-ring (bicyclic) bond motifs is 1. The van der Waals surface area contributed by atoms with Crippen LogP contribution in [0.25, 0.3) is 0 Å². The van der Waals surface area contributed by atoms with Crippen LogP contribution in [-0.4, -0.2) is 43.1 Å². The van der Waals surface area contributed by atoms with E-state index in [1.807, 2.05) is 36.4 Å². The lowest BCUT2D eigenvalue weighted by Crippen LogP contribution is -2.42. The number of nitro groups is 1. The molecule has 1 aliphatic rings. The lowest BCUT2D eigenvalue weighted by Gasteiger charge is -2.37. The Morgan fingerprint density at radius 3 is 2.42 bits per heavy atom. The molecule has 3 aromatic carbocycles. The quantitative estimate of drug-likeness (QED) is 0.287. The van der Waals surface area contributed by atoms with Crippen LogP contribution < -0.4 is 14.2 Å². The van der Waals surface area contributed by atoms with E-state index in [4.69, 9.17) is 25.8 Å². The topological polar surface area (TPSA) is 91.1 Å². The molecule has 0 radical (unpaired) electrons. The number of carbonyl (C=O) groups is 1. The van der Waals surface area contributed by atoms with Gasteiger partial charge in [-0.1, -0.05) is 30.7 Å². The molecule has 1 heterocycles. The van der Waals surface area contributed by atoms with Crippen LogP contribution in [0, 0.1) is 10.1 Å². The normalized spacial score (nSPS) is 14.7. The average molecular weight is 511 g/mol. The molecule has 1 amide bonds. The van der Waals surface area contributed by atoms with Crippen molar-refractivity contribution < 1.29 is 23.9 Å². The molecule has 0 aromatic heterocycles. The van der Waals surface area contributed by atoms with Crippen LogP contribution in [0.1, 0.15) is 40.0 Å². The Bertz CT molecular complexity index is 1280. The Morgan fingerprint density at radius 2 is 1.78 bits per heavy atom. The van der Waals surface area contributed by atoms with E-state index in [2.05, 4.69) is 6.92 Å². The van der Waals surface area contributed by atoms with Crippen LogP contribution >= 0.6 is 11.6 Å². The summed E-state index contributed by atoms with van der Waals surface area (Å²) in [5, 5.41) is 11.9. The third kappa shape index (κ3) is 5.09. The van der Waals surface area contributed by atoms with Crippen LogP contribution in [-0.2, 0) is 12.8 Å². The van der Waals surface area contributed by atoms with Gasteiger partial charge in [0.2, 0.25) is 0 Å². The Balaban J connectivity index is 1.74. The van der Waals surface area contributed by atoms with Gasteiger partial charge < -0.3 is 19.1 Å². The molecule has 9 heteroatoms. The van der Waals surface area contributed by atoms with E-state index >= 15 is 0 Å². The number of carbonyl (C=O) groups excluding carboxylic acids is 1. The SMILES string of the molecule is CCc1ccc(OCC2c3cc(OC)c(OC)cc3CCN2C(=O)c2cc(Cl)ccc2[N+](=O)[O-])cc1. The summed E-state index contributed by atoms with van der Waals surface area (Å²) in [6.45, 7) is 2.57. The molecular formula is C27H27ClN2O6.